The van der Waals surface area contributed by atoms with E-state index in [9.17, 15) is 9.59 Å². The summed E-state index contributed by atoms with van der Waals surface area (Å²) in [5.41, 5.74) is 2.57. The molecule has 4 aromatic rings. The lowest BCUT2D eigenvalue weighted by Crippen LogP contribution is -2.28. The van der Waals surface area contributed by atoms with Crippen LogP contribution in [0.4, 0.5) is 11.4 Å². The predicted molar refractivity (Wildman–Crippen MR) is 128 cm³/mol. The van der Waals surface area contributed by atoms with Crippen molar-refractivity contribution in [2.75, 3.05) is 12.0 Å². The monoisotopic (exact) mass is 453 g/mol. The van der Waals surface area contributed by atoms with Gasteiger partial charge in [-0.1, -0.05) is 42.1 Å². The Morgan fingerprint density at radius 3 is 2.12 bits per heavy atom. The zero-order chi connectivity index (χ0) is 22.8. The van der Waals surface area contributed by atoms with E-state index < -0.39 is 5.97 Å². The van der Waals surface area contributed by atoms with Crippen LogP contribution >= 0.6 is 11.8 Å². The highest BCUT2D eigenvalue weighted by Gasteiger charge is 2.29. The van der Waals surface area contributed by atoms with Crippen LogP contribution < -0.4 is 14.4 Å². The number of carbonyl (C=O) groups excluding carboxylic acids is 2. The van der Waals surface area contributed by atoms with E-state index in [1.54, 1.807) is 72.7 Å². The number of ether oxygens (including phenoxy) is 2. The average molecular weight is 454 g/mol. The van der Waals surface area contributed by atoms with Crippen LogP contribution in [0.2, 0.25) is 0 Å². The lowest BCUT2D eigenvalue weighted by atomic mass is 10.1. The van der Waals surface area contributed by atoms with Crippen LogP contribution in [0.3, 0.4) is 0 Å². The molecular weight excluding hydrogens is 434 g/mol. The maximum Gasteiger partial charge on any atom is 0.343 e. The summed E-state index contributed by atoms with van der Waals surface area (Å²) in [7, 11) is 1.59. The normalized spacial score (nSPS) is 11.8. The number of nitrogens with zero attached hydrogens (tertiary/aromatic N) is 1. The standard InChI is InChI=1S/C27H19NO4S/c1-31-20-13-11-18(12-14-20)26(29)28-22-9-5-6-10-24(22)33-25-17-21(15-16-23(25)28)32-27(30)19-7-3-2-4-8-19/h2-17H,1H3. The number of amides is 1. The van der Waals surface area contributed by atoms with Crippen molar-refractivity contribution in [1.82, 2.24) is 0 Å². The SMILES string of the molecule is COc1ccc(C(=O)N2c3ccccc3Sc3cc(OC(=O)c4ccccc4)ccc32)cc1. The Bertz CT molecular complexity index is 1340. The molecule has 0 bridgehead atoms. The van der Waals surface area contributed by atoms with Crippen molar-refractivity contribution < 1.29 is 19.1 Å². The van der Waals surface area contributed by atoms with Crippen LogP contribution in [-0.2, 0) is 0 Å². The summed E-state index contributed by atoms with van der Waals surface area (Å²) < 4.78 is 10.8. The van der Waals surface area contributed by atoms with E-state index in [-0.39, 0.29) is 5.91 Å². The van der Waals surface area contributed by atoms with E-state index in [1.165, 1.54) is 11.8 Å². The number of methoxy groups -OCH3 is 1. The van der Waals surface area contributed by atoms with Crippen LogP contribution in [0.15, 0.2) is 107 Å². The van der Waals surface area contributed by atoms with Crippen molar-refractivity contribution in [3.63, 3.8) is 0 Å². The molecule has 0 aliphatic carbocycles. The molecule has 33 heavy (non-hydrogen) atoms. The molecular formula is C27H19NO4S. The second kappa shape index (κ2) is 8.84. The molecule has 0 atom stereocenters. The van der Waals surface area contributed by atoms with Gasteiger partial charge >= 0.3 is 5.97 Å². The number of hydrogen-bond donors (Lipinski definition) is 0. The van der Waals surface area contributed by atoms with E-state index in [0.29, 0.717) is 22.6 Å². The van der Waals surface area contributed by atoms with E-state index >= 15 is 0 Å². The number of para-hydroxylation sites is 1. The van der Waals surface area contributed by atoms with Crippen LogP contribution in [0.25, 0.3) is 0 Å². The molecule has 0 unspecified atom stereocenters. The Morgan fingerprint density at radius 2 is 1.36 bits per heavy atom. The fraction of sp³-hybridized carbons (Fsp3) is 0.0370. The molecule has 0 spiro atoms. The van der Waals surface area contributed by atoms with Crippen LogP contribution in [-0.4, -0.2) is 19.0 Å². The number of hydrogen-bond acceptors (Lipinski definition) is 5. The van der Waals surface area contributed by atoms with Crippen molar-refractivity contribution in [3.8, 4) is 11.5 Å². The zero-order valence-corrected chi connectivity index (χ0v) is 18.5. The molecule has 1 amide bonds. The third kappa shape index (κ3) is 4.08. The van der Waals surface area contributed by atoms with Crippen LogP contribution in [0.1, 0.15) is 20.7 Å². The molecule has 0 saturated heterocycles. The molecule has 0 fully saturated rings. The van der Waals surface area contributed by atoms with Crippen molar-refractivity contribution in [2.45, 2.75) is 9.79 Å². The lowest BCUT2D eigenvalue weighted by molar-refractivity contribution is 0.0734. The summed E-state index contributed by atoms with van der Waals surface area (Å²) in [5, 5.41) is 0. The third-order valence-corrected chi connectivity index (χ3v) is 6.37. The van der Waals surface area contributed by atoms with Gasteiger partial charge in [0.25, 0.3) is 5.91 Å². The molecule has 0 radical (unpaired) electrons. The van der Waals surface area contributed by atoms with Crippen molar-refractivity contribution in [2.24, 2.45) is 0 Å². The molecule has 5 rings (SSSR count). The Balaban J connectivity index is 1.51. The fourth-order valence-electron chi connectivity index (χ4n) is 3.62. The summed E-state index contributed by atoms with van der Waals surface area (Å²) in [4.78, 5) is 29.5. The van der Waals surface area contributed by atoms with E-state index in [1.807, 2.05) is 36.4 Å². The molecule has 0 saturated carbocycles. The first-order valence-electron chi connectivity index (χ1n) is 10.3. The van der Waals surface area contributed by atoms with Gasteiger partial charge in [-0.15, -0.1) is 0 Å². The van der Waals surface area contributed by atoms with Crippen molar-refractivity contribution >= 4 is 35.0 Å². The molecule has 1 heterocycles. The number of fused-ring (bicyclic) bond motifs is 2. The Kier molecular flexibility index (Phi) is 5.59. The number of esters is 1. The van der Waals surface area contributed by atoms with Gasteiger partial charge in [0.1, 0.15) is 11.5 Å². The number of anilines is 2. The summed E-state index contributed by atoms with van der Waals surface area (Å²) in [6.45, 7) is 0. The van der Waals surface area contributed by atoms with Crippen molar-refractivity contribution in [1.29, 1.82) is 0 Å². The lowest BCUT2D eigenvalue weighted by Gasteiger charge is -2.31. The first-order chi connectivity index (χ1) is 16.1. The predicted octanol–water partition coefficient (Wildman–Crippen LogP) is 6.36. The molecule has 0 aromatic heterocycles. The molecule has 5 nitrogen and oxygen atoms in total. The number of benzene rings is 4. The quantitative estimate of drug-likeness (QED) is 0.266. The van der Waals surface area contributed by atoms with Gasteiger partial charge in [-0.2, -0.15) is 0 Å². The Hall–Kier alpha value is -4.03. The van der Waals surface area contributed by atoms with Crippen molar-refractivity contribution in [3.05, 3.63) is 108 Å². The van der Waals surface area contributed by atoms with Crippen LogP contribution in [0, 0.1) is 0 Å². The summed E-state index contributed by atoms with van der Waals surface area (Å²) in [5.74, 6) is 0.529. The highest BCUT2D eigenvalue weighted by atomic mass is 32.2. The van der Waals surface area contributed by atoms with E-state index in [0.717, 1.165) is 21.2 Å². The third-order valence-electron chi connectivity index (χ3n) is 5.26. The Morgan fingerprint density at radius 1 is 0.697 bits per heavy atom. The highest BCUT2D eigenvalue weighted by molar-refractivity contribution is 7.99. The van der Waals surface area contributed by atoms with E-state index in [4.69, 9.17) is 9.47 Å². The minimum atomic E-state index is -0.428. The smallest absolute Gasteiger partial charge is 0.343 e. The van der Waals surface area contributed by atoms with Gasteiger partial charge in [0.05, 0.1) is 24.0 Å². The van der Waals surface area contributed by atoms with E-state index in [2.05, 4.69) is 0 Å². The summed E-state index contributed by atoms with van der Waals surface area (Å²) in [6.07, 6.45) is 0. The van der Waals surface area contributed by atoms with Gasteiger partial charge in [-0.3, -0.25) is 9.69 Å². The maximum atomic E-state index is 13.6. The fourth-order valence-corrected chi connectivity index (χ4v) is 4.71. The van der Waals surface area contributed by atoms with Gasteiger partial charge in [-0.05, 0) is 66.7 Å². The average Bonchev–Trinajstić information content (AvgIpc) is 2.87. The van der Waals surface area contributed by atoms with Gasteiger partial charge in [0, 0.05) is 15.4 Å². The Labute approximate surface area is 195 Å². The number of carbonyl (C=O) groups is 2. The topological polar surface area (TPSA) is 55.8 Å². The first-order valence-corrected chi connectivity index (χ1v) is 11.1. The summed E-state index contributed by atoms with van der Waals surface area (Å²) in [6, 6.07) is 29.0. The highest BCUT2D eigenvalue weighted by Crippen LogP contribution is 2.49. The minimum Gasteiger partial charge on any atom is -0.497 e. The zero-order valence-electron chi connectivity index (χ0n) is 17.7. The molecule has 4 aromatic carbocycles. The van der Waals surface area contributed by atoms with Gasteiger partial charge in [0.2, 0.25) is 0 Å². The first kappa shape index (κ1) is 20.8. The molecule has 0 N–H and O–H groups in total. The second-order valence-electron chi connectivity index (χ2n) is 7.32. The second-order valence-corrected chi connectivity index (χ2v) is 8.41. The molecule has 1 aliphatic rings. The number of rotatable bonds is 4. The molecule has 6 heteroatoms. The van der Waals surface area contributed by atoms with Gasteiger partial charge in [0.15, 0.2) is 0 Å². The van der Waals surface area contributed by atoms with Gasteiger partial charge in [-0.25, -0.2) is 4.79 Å². The summed E-state index contributed by atoms with van der Waals surface area (Å²) >= 11 is 1.54. The minimum absolute atomic E-state index is 0.152. The maximum absolute atomic E-state index is 13.6. The largest absolute Gasteiger partial charge is 0.497 e. The van der Waals surface area contributed by atoms with Gasteiger partial charge < -0.3 is 9.47 Å². The van der Waals surface area contributed by atoms with Crippen LogP contribution in [0.5, 0.6) is 11.5 Å². The molecule has 1 aliphatic heterocycles. The molecule has 162 valence electrons.